The number of hydrogen-bond donors (Lipinski definition) is 3. The molecule has 0 aliphatic heterocycles. The summed E-state index contributed by atoms with van der Waals surface area (Å²) in [6.07, 6.45) is 0. The average molecular weight is 456 g/mol. The van der Waals surface area contributed by atoms with Crippen LogP contribution in [0.2, 0.25) is 0 Å². The summed E-state index contributed by atoms with van der Waals surface area (Å²) in [6.45, 7) is -0.590. The van der Waals surface area contributed by atoms with Gasteiger partial charge in [0.15, 0.2) is 0 Å². The molecule has 150 valence electrons. The van der Waals surface area contributed by atoms with Crippen molar-refractivity contribution in [3.05, 3.63) is 64.1 Å². The Morgan fingerprint density at radius 2 is 1.61 bits per heavy atom. The number of benzene rings is 2. The van der Waals surface area contributed by atoms with Crippen LogP contribution in [0.25, 0.3) is 0 Å². The van der Waals surface area contributed by atoms with Crippen LogP contribution in [-0.2, 0) is 0 Å². The summed E-state index contributed by atoms with van der Waals surface area (Å²) in [5.41, 5.74) is 1.26. The normalized spacial score (nSPS) is 11.6. The highest BCUT2D eigenvalue weighted by Gasteiger charge is 2.11. The topological polar surface area (TPSA) is 79.5 Å². The second-order valence-corrected chi connectivity index (χ2v) is 6.75. The molecule has 0 radical (unpaired) electrons. The predicted molar refractivity (Wildman–Crippen MR) is 104 cm³/mol. The van der Waals surface area contributed by atoms with E-state index in [1.165, 1.54) is 12.1 Å². The fraction of sp³-hybridized carbons (Fsp3) is 0.263. The van der Waals surface area contributed by atoms with Crippen LogP contribution in [-0.4, -0.2) is 31.6 Å². The maximum absolute atomic E-state index is 12.1. The van der Waals surface area contributed by atoms with Crippen LogP contribution in [0.3, 0.4) is 0 Å². The first kappa shape index (κ1) is 21.6. The van der Waals surface area contributed by atoms with Crippen molar-refractivity contribution >= 4 is 27.9 Å². The van der Waals surface area contributed by atoms with Crippen LogP contribution in [0, 0.1) is 0 Å². The van der Waals surface area contributed by atoms with E-state index in [-0.39, 0.29) is 30.8 Å². The summed E-state index contributed by atoms with van der Waals surface area (Å²) in [5.74, 6) is -0.175. The van der Waals surface area contributed by atoms with Crippen LogP contribution >= 0.6 is 15.9 Å². The van der Waals surface area contributed by atoms with Gasteiger partial charge < -0.3 is 20.7 Å². The SMILES string of the molecule is CC(NC(=O)NCCNC(=O)c1ccc(Br)cc1)c1ccc(OC(F)F)cc1. The molecule has 3 N–H and O–H groups in total. The van der Waals surface area contributed by atoms with Crippen molar-refractivity contribution in [3.8, 4) is 5.75 Å². The Morgan fingerprint density at radius 3 is 2.21 bits per heavy atom. The maximum atomic E-state index is 12.1. The van der Waals surface area contributed by atoms with E-state index in [0.29, 0.717) is 5.56 Å². The molecule has 1 unspecified atom stereocenters. The van der Waals surface area contributed by atoms with Crippen molar-refractivity contribution in [1.29, 1.82) is 0 Å². The molecule has 0 aliphatic rings. The van der Waals surface area contributed by atoms with E-state index in [2.05, 4.69) is 36.6 Å². The molecule has 0 heterocycles. The number of nitrogens with one attached hydrogen (secondary N) is 3. The van der Waals surface area contributed by atoms with Gasteiger partial charge in [-0.1, -0.05) is 28.1 Å². The number of alkyl halides is 2. The van der Waals surface area contributed by atoms with Crippen molar-refractivity contribution in [2.75, 3.05) is 13.1 Å². The molecule has 0 saturated carbocycles. The summed E-state index contributed by atoms with van der Waals surface area (Å²) in [7, 11) is 0. The fourth-order valence-corrected chi connectivity index (χ4v) is 2.59. The minimum atomic E-state index is -2.88. The lowest BCUT2D eigenvalue weighted by Gasteiger charge is -2.16. The van der Waals surface area contributed by atoms with Crippen molar-refractivity contribution < 1.29 is 23.1 Å². The monoisotopic (exact) mass is 455 g/mol. The number of ether oxygens (including phenoxy) is 1. The Morgan fingerprint density at radius 1 is 1.00 bits per heavy atom. The Bertz CT molecular complexity index is 786. The molecule has 2 aromatic rings. The molecule has 0 bridgehead atoms. The number of hydrogen-bond acceptors (Lipinski definition) is 3. The third kappa shape index (κ3) is 7.15. The largest absolute Gasteiger partial charge is 0.435 e. The zero-order valence-electron chi connectivity index (χ0n) is 15.0. The van der Waals surface area contributed by atoms with Crippen molar-refractivity contribution in [3.63, 3.8) is 0 Å². The summed E-state index contributed by atoms with van der Waals surface area (Å²) in [6, 6.07) is 12.2. The first-order chi connectivity index (χ1) is 13.3. The molecule has 9 heteroatoms. The van der Waals surface area contributed by atoms with Crippen LogP contribution in [0.15, 0.2) is 53.0 Å². The second-order valence-electron chi connectivity index (χ2n) is 5.83. The van der Waals surface area contributed by atoms with Gasteiger partial charge in [-0.25, -0.2) is 4.79 Å². The van der Waals surface area contributed by atoms with Gasteiger partial charge in [-0.15, -0.1) is 0 Å². The molecule has 2 rings (SSSR count). The summed E-state index contributed by atoms with van der Waals surface area (Å²) >= 11 is 3.30. The lowest BCUT2D eigenvalue weighted by atomic mass is 10.1. The fourth-order valence-electron chi connectivity index (χ4n) is 2.32. The zero-order chi connectivity index (χ0) is 20.5. The molecular formula is C19H20BrF2N3O3. The van der Waals surface area contributed by atoms with E-state index in [9.17, 15) is 18.4 Å². The number of urea groups is 1. The van der Waals surface area contributed by atoms with E-state index in [1.807, 2.05) is 0 Å². The van der Waals surface area contributed by atoms with Gasteiger partial charge in [0.2, 0.25) is 0 Å². The van der Waals surface area contributed by atoms with Gasteiger partial charge >= 0.3 is 12.6 Å². The van der Waals surface area contributed by atoms with E-state index in [1.54, 1.807) is 43.3 Å². The minimum Gasteiger partial charge on any atom is -0.435 e. The first-order valence-corrected chi connectivity index (χ1v) is 9.27. The van der Waals surface area contributed by atoms with Crippen LogP contribution in [0.1, 0.15) is 28.9 Å². The quantitative estimate of drug-likeness (QED) is 0.529. The van der Waals surface area contributed by atoms with Crippen molar-refractivity contribution in [2.45, 2.75) is 19.6 Å². The van der Waals surface area contributed by atoms with Crippen molar-refractivity contribution in [1.82, 2.24) is 16.0 Å². The molecule has 2 aromatic carbocycles. The number of halogens is 3. The molecular weight excluding hydrogens is 436 g/mol. The number of carbonyl (C=O) groups excluding carboxylic acids is 2. The standard InChI is InChI=1S/C19H20BrF2N3O3/c1-12(13-4-8-16(9-5-13)28-18(21)22)25-19(27)24-11-10-23-17(26)14-2-6-15(20)7-3-14/h2-9,12,18H,10-11H2,1H3,(H,23,26)(H2,24,25,27). The van der Waals surface area contributed by atoms with E-state index < -0.39 is 12.6 Å². The summed E-state index contributed by atoms with van der Waals surface area (Å²) < 4.78 is 29.5. The maximum Gasteiger partial charge on any atom is 0.387 e. The molecule has 1 atom stereocenters. The van der Waals surface area contributed by atoms with Crippen LogP contribution < -0.4 is 20.7 Å². The van der Waals surface area contributed by atoms with Crippen molar-refractivity contribution in [2.24, 2.45) is 0 Å². The second kappa shape index (κ2) is 10.6. The van der Waals surface area contributed by atoms with Gasteiger partial charge in [0.05, 0.1) is 6.04 Å². The van der Waals surface area contributed by atoms with Gasteiger partial charge in [0, 0.05) is 23.1 Å². The van der Waals surface area contributed by atoms with E-state index in [0.717, 1.165) is 10.0 Å². The highest BCUT2D eigenvalue weighted by Crippen LogP contribution is 2.19. The number of carbonyl (C=O) groups is 2. The summed E-state index contributed by atoms with van der Waals surface area (Å²) in [5, 5.41) is 8.07. The zero-order valence-corrected chi connectivity index (χ0v) is 16.6. The van der Waals surface area contributed by atoms with Gasteiger partial charge in [-0.2, -0.15) is 8.78 Å². The summed E-state index contributed by atoms with van der Waals surface area (Å²) in [4.78, 5) is 23.9. The third-order valence-corrected chi connectivity index (χ3v) is 4.28. The molecule has 0 aliphatic carbocycles. The predicted octanol–water partition coefficient (Wildman–Crippen LogP) is 3.84. The lowest BCUT2D eigenvalue weighted by molar-refractivity contribution is -0.0498. The van der Waals surface area contributed by atoms with Gasteiger partial charge in [0.1, 0.15) is 5.75 Å². The Hall–Kier alpha value is -2.68. The molecule has 6 nitrogen and oxygen atoms in total. The molecule has 0 aromatic heterocycles. The molecule has 0 saturated heterocycles. The highest BCUT2D eigenvalue weighted by atomic mass is 79.9. The third-order valence-electron chi connectivity index (χ3n) is 3.76. The highest BCUT2D eigenvalue weighted by molar-refractivity contribution is 9.10. The molecule has 0 fully saturated rings. The smallest absolute Gasteiger partial charge is 0.387 e. The molecule has 0 spiro atoms. The number of amides is 3. The Balaban J connectivity index is 1.70. The van der Waals surface area contributed by atoms with Crippen LogP contribution in [0.5, 0.6) is 5.75 Å². The van der Waals surface area contributed by atoms with Gasteiger partial charge in [0.25, 0.3) is 5.91 Å². The Labute approximate surface area is 169 Å². The van der Waals surface area contributed by atoms with E-state index in [4.69, 9.17) is 0 Å². The average Bonchev–Trinajstić information content (AvgIpc) is 2.65. The number of rotatable bonds is 8. The Kier molecular flexibility index (Phi) is 8.19. The molecule has 3 amide bonds. The van der Waals surface area contributed by atoms with Gasteiger partial charge in [-0.05, 0) is 48.9 Å². The minimum absolute atomic E-state index is 0.0527. The van der Waals surface area contributed by atoms with E-state index >= 15 is 0 Å². The molecule has 28 heavy (non-hydrogen) atoms. The lowest BCUT2D eigenvalue weighted by Crippen LogP contribution is -2.41. The van der Waals surface area contributed by atoms with Crippen LogP contribution in [0.4, 0.5) is 13.6 Å². The first-order valence-electron chi connectivity index (χ1n) is 8.48. The van der Waals surface area contributed by atoms with Gasteiger partial charge in [-0.3, -0.25) is 4.79 Å².